The normalized spacial score (nSPS) is 17.8. The molecule has 0 radical (unpaired) electrons. The van der Waals surface area contributed by atoms with Gasteiger partial charge in [0.15, 0.2) is 5.15 Å². The molecule has 6 heteroatoms. The van der Waals surface area contributed by atoms with Crippen LogP contribution in [-0.4, -0.2) is 22.0 Å². The fourth-order valence-corrected chi connectivity index (χ4v) is 3.02. The van der Waals surface area contributed by atoms with Crippen LogP contribution in [-0.2, 0) is 9.59 Å². The molecule has 114 valence electrons. The second-order valence-electron chi connectivity index (χ2n) is 5.57. The van der Waals surface area contributed by atoms with Crippen molar-refractivity contribution in [2.45, 2.75) is 44.9 Å². The summed E-state index contributed by atoms with van der Waals surface area (Å²) in [6.07, 6.45) is 6.39. The average Bonchev–Trinajstić information content (AvgIpc) is 2.68. The van der Waals surface area contributed by atoms with Crippen LogP contribution in [0.4, 0.5) is 5.69 Å². The van der Waals surface area contributed by atoms with Gasteiger partial charge in [0.1, 0.15) is 0 Å². The summed E-state index contributed by atoms with van der Waals surface area (Å²) in [7, 11) is 0. The largest absolute Gasteiger partial charge is 0.481 e. The Balaban J connectivity index is 2.08. The van der Waals surface area contributed by atoms with Gasteiger partial charge in [-0.05, 0) is 25.0 Å². The monoisotopic (exact) mass is 310 g/mol. The van der Waals surface area contributed by atoms with Gasteiger partial charge in [0, 0.05) is 12.6 Å². The Morgan fingerprint density at radius 2 is 1.95 bits per heavy atom. The number of hydrogen-bond donors (Lipinski definition) is 2. The summed E-state index contributed by atoms with van der Waals surface area (Å²) >= 11 is 5.89. The van der Waals surface area contributed by atoms with E-state index in [1.54, 1.807) is 12.1 Å². The van der Waals surface area contributed by atoms with E-state index in [1.165, 1.54) is 6.20 Å². The van der Waals surface area contributed by atoms with Gasteiger partial charge in [-0.3, -0.25) is 9.59 Å². The van der Waals surface area contributed by atoms with Crippen LogP contribution in [0.25, 0.3) is 0 Å². The van der Waals surface area contributed by atoms with E-state index < -0.39 is 11.4 Å². The fourth-order valence-electron chi connectivity index (χ4n) is 2.85. The van der Waals surface area contributed by atoms with Gasteiger partial charge in [-0.1, -0.05) is 37.3 Å². The van der Waals surface area contributed by atoms with Crippen molar-refractivity contribution in [1.29, 1.82) is 0 Å². The first-order chi connectivity index (χ1) is 10.0. The Bertz CT molecular complexity index is 525. The molecule has 1 heterocycles. The van der Waals surface area contributed by atoms with Crippen LogP contribution in [0.5, 0.6) is 0 Å². The molecule has 0 bridgehead atoms. The smallest absolute Gasteiger partial charge is 0.310 e. The predicted molar refractivity (Wildman–Crippen MR) is 80.3 cm³/mol. The molecular formula is C15H19ClN2O3. The SMILES string of the molecule is O=C(CC1(C(=O)O)CCCCCC1)Nc1cccnc1Cl. The van der Waals surface area contributed by atoms with Gasteiger partial charge < -0.3 is 10.4 Å². The van der Waals surface area contributed by atoms with Crippen LogP contribution in [0.2, 0.25) is 5.15 Å². The van der Waals surface area contributed by atoms with Gasteiger partial charge in [0.25, 0.3) is 0 Å². The lowest BCUT2D eigenvalue weighted by atomic mass is 9.77. The molecule has 0 spiro atoms. The molecular weight excluding hydrogens is 292 g/mol. The Morgan fingerprint density at radius 3 is 2.52 bits per heavy atom. The van der Waals surface area contributed by atoms with E-state index >= 15 is 0 Å². The van der Waals surface area contributed by atoms with E-state index in [0.29, 0.717) is 18.5 Å². The molecule has 1 aromatic heterocycles. The molecule has 0 atom stereocenters. The van der Waals surface area contributed by atoms with Crippen molar-refractivity contribution in [3.8, 4) is 0 Å². The molecule has 21 heavy (non-hydrogen) atoms. The topological polar surface area (TPSA) is 79.3 Å². The Morgan fingerprint density at radius 1 is 1.29 bits per heavy atom. The van der Waals surface area contributed by atoms with Crippen molar-refractivity contribution in [3.63, 3.8) is 0 Å². The van der Waals surface area contributed by atoms with E-state index in [1.807, 2.05) is 0 Å². The predicted octanol–water partition coefficient (Wildman–Crippen LogP) is 3.49. The second-order valence-corrected chi connectivity index (χ2v) is 5.92. The number of nitrogens with zero attached hydrogens (tertiary/aromatic N) is 1. The molecule has 0 unspecified atom stereocenters. The van der Waals surface area contributed by atoms with Gasteiger partial charge in [0.05, 0.1) is 11.1 Å². The van der Waals surface area contributed by atoms with Crippen molar-refractivity contribution >= 4 is 29.2 Å². The van der Waals surface area contributed by atoms with Crippen molar-refractivity contribution in [2.75, 3.05) is 5.32 Å². The van der Waals surface area contributed by atoms with Gasteiger partial charge in [-0.25, -0.2) is 4.98 Å². The number of carboxylic acid groups (broad SMARTS) is 1. The van der Waals surface area contributed by atoms with Gasteiger partial charge in [-0.15, -0.1) is 0 Å². The summed E-state index contributed by atoms with van der Waals surface area (Å²) in [5, 5.41) is 12.4. The van der Waals surface area contributed by atoms with Gasteiger partial charge >= 0.3 is 5.97 Å². The molecule has 1 saturated carbocycles. The number of aromatic nitrogens is 1. The van der Waals surface area contributed by atoms with E-state index in [4.69, 9.17) is 11.6 Å². The molecule has 5 nitrogen and oxygen atoms in total. The first-order valence-electron chi connectivity index (χ1n) is 7.17. The number of carboxylic acids is 1. The minimum absolute atomic E-state index is 0.0203. The highest BCUT2D eigenvalue weighted by Gasteiger charge is 2.40. The molecule has 0 aromatic carbocycles. The molecule has 2 N–H and O–H groups in total. The van der Waals surface area contributed by atoms with E-state index in [0.717, 1.165) is 25.7 Å². The molecule has 1 fully saturated rings. The number of pyridine rings is 1. The number of rotatable bonds is 4. The van der Waals surface area contributed by atoms with Crippen molar-refractivity contribution in [2.24, 2.45) is 5.41 Å². The van der Waals surface area contributed by atoms with E-state index in [9.17, 15) is 14.7 Å². The minimum atomic E-state index is -0.949. The summed E-state index contributed by atoms with van der Waals surface area (Å²) in [6.45, 7) is 0. The number of halogens is 1. The molecule has 1 amide bonds. The lowest BCUT2D eigenvalue weighted by molar-refractivity contribution is -0.152. The average molecular weight is 311 g/mol. The number of nitrogens with one attached hydrogen (secondary N) is 1. The van der Waals surface area contributed by atoms with Gasteiger partial charge in [0.2, 0.25) is 5.91 Å². The second kappa shape index (κ2) is 6.89. The number of hydrogen-bond acceptors (Lipinski definition) is 3. The number of anilines is 1. The third-order valence-corrected chi connectivity index (χ3v) is 4.35. The highest BCUT2D eigenvalue weighted by molar-refractivity contribution is 6.32. The van der Waals surface area contributed by atoms with Crippen LogP contribution in [0.1, 0.15) is 44.9 Å². The zero-order valence-electron chi connectivity index (χ0n) is 11.8. The van der Waals surface area contributed by atoms with E-state index in [2.05, 4.69) is 10.3 Å². The Labute approximate surface area is 128 Å². The van der Waals surface area contributed by atoms with Crippen LogP contribution >= 0.6 is 11.6 Å². The third kappa shape index (κ3) is 3.94. The quantitative estimate of drug-likeness (QED) is 0.659. The Hall–Kier alpha value is -1.62. The lowest BCUT2D eigenvalue weighted by Gasteiger charge is -2.27. The standard InChI is InChI=1S/C15H19ClN2O3/c16-13-11(6-5-9-17-13)18-12(19)10-15(14(20)21)7-3-1-2-4-8-15/h5-6,9H,1-4,7-8,10H2,(H,18,19)(H,20,21). The summed E-state index contributed by atoms with van der Waals surface area (Å²) in [5.74, 6) is -1.20. The molecule has 2 rings (SSSR count). The van der Waals surface area contributed by atoms with Crippen molar-refractivity contribution < 1.29 is 14.7 Å². The summed E-state index contributed by atoms with van der Waals surface area (Å²) in [6, 6.07) is 3.31. The first-order valence-corrected chi connectivity index (χ1v) is 7.55. The van der Waals surface area contributed by atoms with Crippen molar-refractivity contribution in [3.05, 3.63) is 23.5 Å². The van der Waals surface area contributed by atoms with Crippen LogP contribution in [0.3, 0.4) is 0 Å². The zero-order valence-corrected chi connectivity index (χ0v) is 12.5. The first kappa shape index (κ1) is 15.8. The maximum Gasteiger partial charge on any atom is 0.310 e. The molecule has 1 aromatic rings. The maximum atomic E-state index is 12.2. The molecule has 1 aliphatic carbocycles. The number of aliphatic carboxylic acids is 1. The highest BCUT2D eigenvalue weighted by Crippen LogP contribution is 2.38. The van der Waals surface area contributed by atoms with E-state index in [-0.39, 0.29) is 17.5 Å². The minimum Gasteiger partial charge on any atom is -0.481 e. The Kier molecular flexibility index (Phi) is 5.17. The summed E-state index contributed by atoms with van der Waals surface area (Å²) in [4.78, 5) is 27.7. The summed E-state index contributed by atoms with van der Waals surface area (Å²) < 4.78 is 0. The number of carbonyl (C=O) groups is 2. The van der Waals surface area contributed by atoms with Crippen LogP contribution < -0.4 is 5.32 Å². The summed E-state index contributed by atoms with van der Waals surface area (Å²) in [5.41, 5.74) is -0.534. The maximum absolute atomic E-state index is 12.2. The number of carbonyl (C=O) groups excluding carboxylic acids is 1. The molecule has 0 saturated heterocycles. The zero-order chi connectivity index (χ0) is 15.3. The number of amides is 1. The fraction of sp³-hybridized carbons (Fsp3) is 0.533. The van der Waals surface area contributed by atoms with Crippen LogP contribution in [0.15, 0.2) is 18.3 Å². The third-order valence-electron chi connectivity index (χ3n) is 4.05. The molecule has 1 aliphatic rings. The molecule has 0 aliphatic heterocycles. The lowest BCUT2D eigenvalue weighted by Crippen LogP contribution is -2.35. The highest BCUT2D eigenvalue weighted by atomic mass is 35.5. The van der Waals surface area contributed by atoms with Crippen molar-refractivity contribution in [1.82, 2.24) is 4.98 Å². The van der Waals surface area contributed by atoms with Crippen LogP contribution in [0, 0.1) is 5.41 Å². The van der Waals surface area contributed by atoms with Gasteiger partial charge in [-0.2, -0.15) is 0 Å².